The van der Waals surface area contributed by atoms with Crippen molar-refractivity contribution in [3.05, 3.63) is 0 Å². The van der Waals surface area contributed by atoms with E-state index >= 15 is 0 Å². The Kier molecular flexibility index (Phi) is 5.01. The summed E-state index contributed by atoms with van der Waals surface area (Å²) in [6.07, 6.45) is 5.97. The number of rotatable bonds is 3. The Balaban J connectivity index is 1.82. The fraction of sp³-hybridized carbons (Fsp3) is 0.929. The highest BCUT2D eigenvalue weighted by atomic mass is 16.2. The van der Waals surface area contributed by atoms with Gasteiger partial charge in [-0.25, -0.2) is 0 Å². The van der Waals surface area contributed by atoms with Crippen molar-refractivity contribution in [1.29, 1.82) is 0 Å². The van der Waals surface area contributed by atoms with Crippen LogP contribution in [0.3, 0.4) is 0 Å². The second-order valence-corrected chi connectivity index (χ2v) is 5.89. The molecule has 1 aliphatic heterocycles. The molecular weight excluding hydrogens is 226 g/mol. The van der Waals surface area contributed by atoms with E-state index in [-0.39, 0.29) is 0 Å². The average Bonchev–Trinajstić information content (AvgIpc) is 2.41. The van der Waals surface area contributed by atoms with E-state index in [9.17, 15) is 4.79 Å². The smallest absolute Gasteiger partial charge is 0.225 e. The fourth-order valence-corrected chi connectivity index (χ4v) is 3.13. The van der Waals surface area contributed by atoms with Gasteiger partial charge >= 0.3 is 0 Å². The van der Waals surface area contributed by atoms with Crippen LogP contribution in [-0.2, 0) is 4.79 Å². The Labute approximate surface area is 111 Å². The second kappa shape index (κ2) is 6.53. The summed E-state index contributed by atoms with van der Waals surface area (Å²) in [4.78, 5) is 16.7. The number of piperazine rings is 1. The molecule has 0 aromatic rings. The third-order valence-electron chi connectivity index (χ3n) is 4.46. The largest absolute Gasteiger partial charge is 0.344 e. The average molecular weight is 253 g/mol. The summed E-state index contributed by atoms with van der Waals surface area (Å²) >= 11 is 0. The maximum Gasteiger partial charge on any atom is 0.225 e. The number of likely N-dealkylation sites (N-methyl/N-ethyl adjacent to an activating group) is 2. The summed E-state index contributed by atoms with van der Waals surface area (Å²) in [6, 6.07) is 0.469. The van der Waals surface area contributed by atoms with Crippen LogP contribution < -0.4 is 5.32 Å². The van der Waals surface area contributed by atoms with Crippen LogP contribution >= 0.6 is 0 Å². The monoisotopic (exact) mass is 253 g/mol. The van der Waals surface area contributed by atoms with Crippen LogP contribution in [0, 0.1) is 5.92 Å². The molecule has 1 amide bonds. The number of hydrogen-bond acceptors (Lipinski definition) is 3. The number of carbonyl (C=O) groups is 1. The molecule has 1 unspecified atom stereocenters. The molecule has 18 heavy (non-hydrogen) atoms. The number of hydrogen-bond donors (Lipinski definition) is 1. The third-order valence-corrected chi connectivity index (χ3v) is 4.46. The van der Waals surface area contributed by atoms with Crippen molar-refractivity contribution in [2.24, 2.45) is 5.92 Å². The molecule has 4 heteroatoms. The van der Waals surface area contributed by atoms with E-state index in [0.717, 1.165) is 39.0 Å². The van der Waals surface area contributed by atoms with Crippen molar-refractivity contribution < 1.29 is 4.79 Å². The first-order valence-corrected chi connectivity index (χ1v) is 7.34. The molecule has 1 aliphatic carbocycles. The molecule has 0 spiro atoms. The van der Waals surface area contributed by atoms with Crippen molar-refractivity contribution in [3.63, 3.8) is 0 Å². The van der Waals surface area contributed by atoms with Gasteiger partial charge in [-0.2, -0.15) is 0 Å². The van der Waals surface area contributed by atoms with Crippen LogP contribution in [0.15, 0.2) is 0 Å². The topological polar surface area (TPSA) is 35.6 Å². The molecule has 1 saturated heterocycles. The van der Waals surface area contributed by atoms with Crippen molar-refractivity contribution >= 4 is 5.91 Å². The Morgan fingerprint density at radius 3 is 2.72 bits per heavy atom. The van der Waals surface area contributed by atoms with Crippen molar-refractivity contribution in [2.45, 2.75) is 38.1 Å². The van der Waals surface area contributed by atoms with Crippen LogP contribution in [0.1, 0.15) is 32.1 Å². The van der Waals surface area contributed by atoms with Gasteiger partial charge in [-0.3, -0.25) is 9.69 Å². The Bertz CT molecular complexity index is 276. The molecule has 2 fully saturated rings. The SMILES string of the molecule is CN(CC1CNCCN1C)C(=O)C1CCCCC1. The summed E-state index contributed by atoms with van der Waals surface area (Å²) in [5.41, 5.74) is 0. The zero-order valence-corrected chi connectivity index (χ0v) is 11.8. The minimum absolute atomic E-state index is 0.297. The number of nitrogens with one attached hydrogen (secondary N) is 1. The minimum atomic E-state index is 0.297. The predicted molar refractivity (Wildman–Crippen MR) is 73.5 cm³/mol. The Morgan fingerprint density at radius 1 is 1.33 bits per heavy atom. The molecule has 2 aliphatic rings. The van der Waals surface area contributed by atoms with Crippen LogP contribution in [-0.4, -0.2) is 62.0 Å². The van der Waals surface area contributed by atoms with E-state index in [2.05, 4.69) is 17.3 Å². The van der Waals surface area contributed by atoms with Crippen molar-refractivity contribution in [2.75, 3.05) is 40.3 Å². The predicted octanol–water partition coefficient (Wildman–Crippen LogP) is 0.929. The van der Waals surface area contributed by atoms with Gasteiger partial charge in [0, 0.05) is 45.2 Å². The molecule has 2 rings (SSSR count). The molecule has 1 N–H and O–H groups in total. The normalized spacial score (nSPS) is 27.1. The van der Waals surface area contributed by atoms with Gasteiger partial charge in [0.1, 0.15) is 0 Å². The minimum Gasteiger partial charge on any atom is -0.344 e. The van der Waals surface area contributed by atoms with E-state index in [1.54, 1.807) is 0 Å². The van der Waals surface area contributed by atoms with E-state index in [0.29, 0.717) is 17.9 Å². The highest BCUT2D eigenvalue weighted by molar-refractivity contribution is 5.78. The summed E-state index contributed by atoms with van der Waals surface area (Å²) in [5.74, 6) is 0.666. The second-order valence-electron chi connectivity index (χ2n) is 5.89. The van der Waals surface area contributed by atoms with Crippen LogP contribution in [0.2, 0.25) is 0 Å². The van der Waals surface area contributed by atoms with E-state index in [4.69, 9.17) is 0 Å². The summed E-state index contributed by atoms with van der Waals surface area (Å²) in [7, 11) is 4.13. The van der Waals surface area contributed by atoms with Crippen molar-refractivity contribution in [3.8, 4) is 0 Å². The van der Waals surface area contributed by atoms with Crippen LogP contribution in [0.4, 0.5) is 0 Å². The number of amides is 1. The molecule has 0 aromatic heterocycles. The third kappa shape index (κ3) is 3.45. The molecule has 1 atom stereocenters. The van der Waals surface area contributed by atoms with E-state index in [1.807, 2.05) is 11.9 Å². The highest BCUT2D eigenvalue weighted by Crippen LogP contribution is 2.25. The molecular formula is C14H27N3O. The van der Waals surface area contributed by atoms with Gasteiger partial charge in [0.2, 0.25) is 5.91 Å². The molecule has 0 radical (unpaired) electrons. The highest BCUT2D eigenvalue weighted by Gasteiger charge is 2.27. The first kappa shape index (κ1) is 13.8. The summed E-state index contributed by atoms with van der Waals surface area (Å²) < 4.78 is 0. The lowest BCUT2D eigenvalue weighted by molar-refractivity contribution is -0.136. The molecule has 0 aromatic carbocycles. The first-order chi connectivity index (χ1) is 8.68. The number of nitrogens with zero attached hydrogens (tertiary/aromatic N) is 2. The summed E-state index contributed by atoms with van der Waals surface area (Å²) in [6.45, 7) is 4.00. The van der Waals surface area contributed by atoms with Gasteiger partial charge < -0.3 is 10.2 Å². The van der Waals surface area contributed by atoms with Crippen LogP contribution in [0.25, 0.3) is 0 Å². The van der Waals surface area contributed by atoms with Gasteiger partial charge in [0.25, 0.3) is 0 Å². The zero-order valence-electron chi connectivity index (χ0n) is 11.8. The van der Waals surface area contributed by atoms with E-state index < -0.39 is 0 Å². The number of carbonyl (C=O) groups excluding carboxylic acids is 1. The summed E-state index contributed by atoms with van der Waals surface area (Å²) in [5, 5.41) is 3.41. The maximum atomic E-state index is 12.4. The standard InChI is InChI=1S/C14H27N3O/c1-16-9-8-15-10-13(16)11-17(2)14(18)12-6-4-3-5-7-12/h12-13,15H,3-11H2,1-2H3. The molecule has 104 valence electrons. The fourth-order valence-electron chi connectivity index (χ4n) is 3.13. The van der Waals surface area contributed by atoms with Gasteiger partial charge in [0.15, 0.2) is 0 Å². The lowest BCUT2D eigenvalue weighted by Crippen LogP contribution is -2.54. The zero-order chi connectivity index (χ0) is 13.0. The molecule has 4 nitrogen and oxygen atoms in total. The van der Waals surface area contributed by atoms with Gasteiger partial charge in [-0.05, 0) is 19.9 Å². The van der Waals surface area contributed by atoms with Gasteiger partial charge in [-0.1, -0.05) is 19.3 Å². The Morgan fingerprint density at radius 2 is 2.06 bits per heavy atom. The van der Waals surface area contributed by atoms with Gasteiger partial charge in [-0.15, -0.1) is 0 Å². The lowest BCUT2D eigenvalue weighted by atomic mass is 9.88. The van der Waals surface area contributed by atoms with E-state index in [1.165, 1.54) is 19.3 Å². The van der Waals surface area contributed by atoms with Crippen LogP contribution in [0.5, 0.6) is 0 Å². The molecule has 1 saturated carbocycles. The Hall–Kier alpha value is -0.610. The molecule has 1 heterocycles. The van der Waals surface area contributed by atoms with Gasteiger partial charge in [0.05, 0.1) is 0 Å². The maximum absolute atomic E-state index is 12.4. The lowest BCUT2D eigenvalue weighted by Gasteiger charge is -2.36. The quantitative estimate of drug-likeness (QED) is 0.813. The first-order valence-electron chi connectivity index (χ1n) is 7.34. The van der Waals surface area contributed by atoms with Crippen molar-refractivity contribution in [1.82, 2.24) is 15.1 Å². The molecule has 0 bridgehead atoms.